The van der Waals surface area contributed by atoms with Crippen LogP contribution in [0.15, 0.2) is 18.2 Å². The Morgan fingerprint density at radius 1 is 1.38 bits per heavy atom. The minimum atomic E-state index is -0.877. The molecular formula is C17H21ClN2O4. The summed E-state index contributed by atoms with van der Waals surface area (Å²) in [6.45, 7) is 4.70. The molecule has 2 aliphatic rings. The number of carboxylic acid groups (broad SMARTS) is 1. The Morgan fingerprint density at radius 2 is 2.12 bits per heavy atom. The minimum Gasteiger partial charge on any atom is -0.496 e. The van der Waals surface area contributed by atoms with Crippen LogP contribution < -0.4 is 4.74 Å². The molecule has 2 atom stereocenters. The van der Waals surface area contributed by atoms with Crippen molar-refractivity contribution in [2.24, 2.45) is 11.3 Å². The number of carboxylic acids is 1. The van der Waals surface area contributed by atoms with Crippen molar-refractivity contribution in [2.75, 3.05) is 39.8 Å². The SMILES string of the molecule is CCN1C[C@H]2CN(C(=O)c3cc(Cl)ccc3OC)C[C@@]2(C(=O)O)C1. The van der Waals surface area contributed by atoms with Crippen molar-refractivity contribution in [2.45, 2.75) is 6.92 Å². The number of hydrogen-bond donors (Lipinski definition) is 1. The lowest BCUT2D eigenvalue weighted by atomic mass is 9.81. The van der Waals surface area contributed by atoms with Crippen molar-refractivity contribution in [3.63, 3.8) is 0 Å². The third-order valence-electron chi connectivity index (χ3n) is 5.23. The van der Waals surface area contributed by atoms with Gasteiger partial charge in [-0.2, -0.15) is 0 Å². The summed E-state index contributed by atoms with van der Waals surface area (Å²) in [4.78, 5) is 28.6. The lowest BCUT2D eigenvalue weighted by Crippen LogP contribution is -2.42. The first-order valence-electron chi connectivity index (χ1n) is 8.00. The Hall–Kier alpha value is -1.79. The maximum Gasteiger partial charge on any atom is 0.313 e. The largest absolute Gasteiger partial charge is 0.496 e. The van der Waals surface area contributed by atoms with Gasteiger partial charge < -0.3 is 19.6 Å². The molecule has 7 heteroatoms. The number of carbonyl (C=O) groups is 2. The molecule has 130 valence electrons. The van der Waals surface area contributed by atoms with Crippen LogP contribution in [-0.2, 0) is 4.79 Å². The number of halogens is 1. The highest BCUT2D eigenvalue weighted by atomic mass is 35.5. The van der Waals surface area contributed by atoms with Crippen LogP contribution in [-0.4, -0.2) is 66.6 Å². The van der Waals surface area contributed by atoms with Crippen molar-refractivity contribution < 1.29 is 19.4 Å². The summed E-state index contributed by atoms with van der Waals surface area (Å²) in [7, 11) is 1.50. The van der Waals surface area contributed by atoms with Gasteiger partial charge in [0, 0.05) is 37.1 Å². The Kier molecular flexibility index (Phi) is 4.44. The van der Waals surface area contributed by atoms with Gasteiger partial charge in [-0.05, 0) is 24.7 Å². The van der Waals surface area contributed by atoms with Crippen molar-refractivity contribution in [3.05, 3.63) is 28.8 Å². The molecule has 0 saturated carbocycles. The van der Waals surface area contributed by atoms with E-state index < -0.39 is 11.4 Å². The molecule has 24 heavy (non-hydrogen) atoms. The van der Waals surface area contributed by atoms with Crippen LogP contribution >= 0.6 is 11.6 Å². The fourth-order valence-corrected chi connectivity index (χ4v) is 4.06. The van der Waals surface area contributed by atoms with Crippen LogP contribution in [0.1, 0.15) is 17.3 Å². The summed E-state index contributed by atoms with van der Waals surface area (Å²) in [6.07, 6.45) is 0. The number of nitrogens with zero attached hydrogens (tertiary/aromatic N) is 2. The molecule has 0 aromatic heterocycles. The molecule has 0 spiro atoms. The number of carbonyl (C=O) groups excluding carboxylic acids is 1. The Balaban J connectivity index is 1.87. The first-order chi connectivity index (χ1) is 11.4. The van der Waals surface area contributed by atoms with Crippen molar-refractivity contribution in [1.82, 2.24) is 9.80 Å². The van der Waals surface area contributed by atoms with Gasteiger partial charge in [0.05, 0.1) is 12.7 Å². The normalized spacial score (nSPS) is 26.5. The van der Waals surface area contributed by atoms with Gasteiger partial charge in [-0.25, -0.2) is 0 Å². The molecule has 2 fully saturated rings. The van der Waals surface area contributed by atoms with Crippen LogP contribution in [0.5, 0.6) is 5.75 Å². The van der Waals surface area contributed by atoms with Gasteiger partial charge in [0.25, 0.3) is 5.91 Å². The van der Waals surface area contributed by atoms with Gasteiger partial charge in [-0.3, -0.25) is 9.59 Å². The van der Waals surface area contributed by atoms with E-state index in [0.29, 0.717) is 36.0 Å². The van der Waals surface area contributed by atoms with Crippen molar-refractivity contribution >= 4 is 23.5 Å². The fraction of sp³-hybridized carbons (Fsp3) is 0.529. The first-order valence-corrected chi connectivity index (χ1v) is 8.37. The van der Waals surface area contributed by atoms with E-state index >= 15 is 0 Å². The van der Waals surface area contributed by atoms with Crippen LogP contribution in [0.25, 0.3) is 0 Å². The third-order valence-corrected chi connectivity index (χ3v) is 5.47. The van der Waals surface area contributed by atoms with Crippen molar-refractivity contribution in [3.8, 4) is 5.75 Å². The molecule has 6 nitrogen and oxygen atoms in total. The molecule has 2 aliphatic heterocycles. The van der Waals surface area contributed by atoms with Crippen LogP contribution in [0.3, 0.4) is 0 Å². The third kappa shape index (κ3) is 2.63. The molecule has 1 aromatic rings. The number of methoxy groups -OCH3 is 1. The predicted octanol–water partition coefficient (Wildman–Crippen LogP) is 1.83. The number of amides is 1. The summed E-state index contributed by atoms with van der Waals surface area (Å²) in [5, 5.41) is 10.2. The topological polar surface area (TPSA) is 70.1 Å². The highest BCUT2D eigenvalue weighted by Crippen LogP contribution is 2.43. The van der Waals surface area contributed by atoms with Crippen LogP contribution in [0.2, 0.25) is 5.02 Å². The van der Waals surface area contributed by atoms with Crippen LogP contribution in [0, 0.1) is 11.3 Å². The van der Waals surface area contributed by atoms with Gasteiger partial charge in [0.15, 0.2) is 0 Å². The molecule has 0 radical (unpaired) electrons. The average Bonchev–Trinajstić information content (AvgIpc) is 3.09. The van der Waals surface area contributed by atoms with Crippen molar-refractivity contribution in [1.29, 1.82) is 0 Å². The van der Waals surface area contributed by atoms with Gasteiger partial charge in [-0.15, -0.1) is 0 Å². The average molecular weight is 353 g/mol. The lowest BCUT2D eigenvalue weighted by molar-refractivity contribution is -0.148. The minimum absolute atomic E-state index is 0.0518. The standard InChI is InChI=1S/C17H21ClN2O4/c1-3-19-7-11-8-20(10-17(11,9-19)16(22)23)15(21)13-6-12(18)4-5-14(13)24-2/h4-6,11H,3,7-10H2,1-2H3,(H,22,23)/t11-,17-/m0/s1. The second-order valence-corrected chi connectivity index (χ2v) is 6.95. The number of hydrogen-bond acceptors (Lipinski definition) is 4. The highest BCUT2D eigenvalue weighted by molar-refractivity contribution is 6.31. The summed E-state index contributed by atoms with van der Waals surface area (Å²) < 4.78 is 5.25. The molecule has 3 rings (SSSR count). The molecule has 2 heterocycles. The number of rotatable bonds is 4. The number of ether oxygens (including phenoxy) is 1. The Bertz CT molecular complexity index is 681. The molecule has 1 amide bonds. The van der Waals surface area contributed by atoms with Gasteiger partial charge in [0.1, 0.15) is 11.2 Å². The molecule has 0 bridgehead atoms. The number of fused-ring (bicyclic) bond motifs is 1. The molecule has 1 N–H and O–H groups in total. The predicted molar refractivity (Wildman–Crippen MR) is 89.6 cm³/mol. The molecule has 0 aliphatic carbocycles. The van der Waals surface area contributed by atoms with E-state index in [4.69, 9.17) is 16.3 Å². The summed E-state index contributed by atoms with van der Waals surface area (Å²) in [5.41, 5.74) is -0.504. The zero-order valence-corrected chi connectivity index (χ0v) is 14.5. The quantitative estimate of drug-likeness (QED) is 0.895. The van der Waals surface area contributed by atoms with Gasteiger partial charge in [0.2, 0.25) is 0 Å². The van der Waals surface area contributed by atoms with E-state index in [9.17, 15) is 14.7 Å². The van der Waals surface area contributed by atoms with Crippen LogP contribution in [0.4, 0.5) is 0 Å². The molecule has 0 unspecified atom stereocenters. The number of aliphatic carboxylic acids is 1. The monoisotopic (exact) mass is 352 g/mol. The van der Waals surface area contributed by atoms with E-state index in [-0.39, 0.29) is 18.4 Å². The van der Waals surface area contributed by atoms with Gasteiger partial charge >= 0.3 is 5.97 Å². The first kappa shape index (κ1) is 17.0. The highest BCUT2D eigenvalue weighted by Gasteiger charge is 2.58. The summed E-state index contributed by atoms with van der Waals surface area (Å²) >= 11 is 6.01. The fourth-order valence-electron chi connectivity index (χ4n) is 3.88. The summed E-state index contributed by atoms with van der Waals surface area (Å²) in [6, 6.07) is 4.88. The second kappa shape index (κ2) is 6.26. The zero-order valence-electron chi connectivity index (χ0n) is 13.8. The summed E-state index contributed by atoms with van der Waals surface area (Å²) in [5.74, 6) is -0.658. The maximum absolute atomic E-state index is 12.9. The van der Waals surface area contributed by atoms with E-state index in [1.165, 1.54) is 7.11 Å². The zero-order chi connectivity index (χ0) is 17.5. The number of likely N-dealkylation sites (tertiary alicyclic amines) is 2. The Morgan fingerprint density at radius 3 is 2.71 bits per heavy atom. The smallest absolute Gasteiger partial charge is 0.313 e. The van der Waals surface area contributed by atoms with E-state index in [0.717, 1.165) is 6.54 Å². The second-order valence-electron chi connectivity index (χ2n) is 6.52. The molecule has 1 aromatic carbocycles. The maximum atomic E-state index is 12.9. The molecular weight excluding hydrogens is 332 g/mol. The van der Waals surface area contributed by atoms with E-state index in [1.807, 2.05) is 6.92 Å². The molecule has 2 saturated heterocycles. The lowest BCUT2D eigenvalue weighted by Gasteiger charge is -2.25. The van der Waals surface area contributed by atoms with E-state index in [2.05, 4.69) is 4.90 Å². The Labute approximate surface area is 145 Å². The number of benzene rings is 1. The van der Waals surface area contributed by atoms with Gasteiger partial charge in [-0.1, -0.05) is 18.5 Å². The van der Waals surface area contributed by atoms with E-state index in [1.54, 1.807) is 23.1 Å².